The van der Waals surface area contributed by atoms with Crippen LogP contribution in [-0.2, 0) is 14.3 Å². The number of carbonyl (C=O) groups excluding carboxylic acids is 1. The van der Waals surface area contributed by atoms with Gasteiger partial charge in [-0.15, -0.1) is 0 Å². The van der Waals surface area contributed by atoms with E-state index in [4.69, 9.17) is 4.74 Å². The van der Waals surface area contributed by atoms with Gasteiger partial charge in [-0.1, -0.05) is 0 Å². The maximum absolute atomic E-state index is 11.7. The number of hydrogen-bond donors (Lipinski definition) is 1. The average Bonchev–Trinajstić information content (AvgIpc) is 2.89. The highest BCUT2D eigenvalue weighted by Gasteiger charge is 2.49. The van der Waals surface area contributed by atoms with Gasteiger partial charge in [-0.3, -0.25) is 4.79 Å². The Morgan fingerprint density at radius 3 is 2.32 bits per heavy atom. The monoisotopic (exact) mass is 310 g/mol. The third-order valence-electron chi connectivity index (χ3n) is 5.76. The SMILES string of the molecule is CC(=O)N1CC2(CCN(C3CCOCC3)CC2)C[C@H]1C(=O)O. The molecule has 0 aromatic carbocycles. The summed E-state index contributed by atoms with van der Waals surface area (Å²) in [7, 11) is 0. The maximum Gasteiger partial charge on any atom is 0.326 e. The van der Waals surface area contributed by atoms with Gasteiger partial charge in [0.25, 0.3) is 0 Å². The molecular formula is C16H26N2O4. The number of carbonyl (C=O) groups is 2. The number of hydrogen-bond acceptors (Lipinski definition) is 4. The first-order chi connectivity index (χ1) is 10.5. The Morgan fingerprint density at radius 1 is 1.18 bits per heavy atom. The van der Waals surface area contributed by atoms with Crippen molar-refractivity contribution in [2.45, 2.75) is 51.1 Å². The van der Waals surface area contributed by atoms with Crippen LogP contribution in [0.5, 0.6) is 0 Å². The van der Waals surface area contributed by atoms with Crippen LogP contribution >= 0.6 is 0 Å². The van der Waals surface area contributed by atoms with Crippen LogP contribution in [0.1, 0.15) is 39.0 Å². The van der Waals surface area contributed by atoms with E-state index in [1.165, 1.54) is 6.92 Å². The molecule has 124 valence electrons. The van der Waals surface area contributed by atoms with Gasteiger partial charge in [0.1, 0.15) is 6.04 Å². The number of amides is 1. The molecular weight excluding hydrogens is 284 g/mol. The molecule has 0 aromatic heterocycles. The van der Waals surface area contributed by atoms with Gasteiger partial charge in [-0.25, -0.2) is 4.79 Å². The third-order valence-corrected chi connectivity index (χ3v) is 5.76. The van der Waals surface area contributed by atoms with Crippen LogP contribution in [0.2, 0.25) is 0 Å². The summed E-state index contributed by atoms with van der Waals surface area (Å²) >= 11 is 0. The van der Waals surface area contributed by atoms with Gasteiger partial charge in [0.05, 0.1) is 0 Å². The molecule has 3 fully saturated rings. The van der Waals surface area contributed by atoms with Crippen molar-refractivity contribution in [1.82, 2.24) is 9.80 Å². The lowest BCUT2D eigenvalue weighted by Crippen LogP contribution is -2.48. The number of carboxylic acids is 1. The van der Waals surface area contributed by atoms with E-state index in [9.17, 15) is 14.7 Å². The van der Waals surface area contributed by atoms with Gasteiger partial charge < -0.3 is 19.6 Å². The molecule has 6 nitrogen and oxygen atoms in total. The van der Waals surface area contributed by atoms with E-state index in [-0.39, 0.29) is 11.3 Å². The molecule has 0 saturated carbocycles. The Morgan fingerprint density at radius 2 is 1.82 bits per heavy atom. The number of ether oxygens (including phenoxy) is 1. The summed E-state index contributed by atoms with van der Waals surface area (Å²) in [6.45, 7) is 5.83. The first-order valence-electron chi connectivity index (χ1n) is 8.33. The fourth-order valence-electron chi connectivity index (χ4n) is 4.38. The molecule has 1 amide bonds. The fraction of sp³-hybridized carbons (Fsp3) is 0.875. The number of likely N-dealkylation sites (tertiary alicyclic amines) is 2. The average molecular weight is 310 g/mol. The summed E-state index contributed by atoms with van der Waals surface area (Å²) in [6.07, 6.45) is 4.81. The summed E-state index contributed by atoms with van der Waals surface area (Å²) < 4.78 is 5.43. The minimum Gasteiger partial charge on any atom is -0.480 e. The molecule has 0 radical (unpaired) electrons. The lowest BCUT2D eigenvalue weighted by atomic mass is 9.76. The van der Waals surface area contributed by atoms with Gasteiger partial charge in [0.2, 0.25) is 5.91 Å². The maximum atomic E-state index is 11.7. The summed E-state index contributed by atoms with van der Waals surface area (Å²) in [4.78, 5) is 27.3. The van der Waals surface area contributed by atoms with Crippen LogP contribution in [0, 0.1) is 5.41 Å². The Balaban J connectivity index is 1.62. The van der Waals surface area contributed by atoms with Crippen LogP contribution < -0.4 is 0 Å². The lowest BCUT2D eigenvalue weighted by molar-refractivity contribution is -0.147. The molecule has 6 heteroatoms. The highest BCUT2D eigenvalue weighted by molar-refractivity contribution is 5.83. The van der Waals surface area contributed by atoms with Gasteiger partial charge in [0.15, 0.2) is 0 Å². The second-order valence-corrected chi connectivity index (χ2v) is 7.08. The summed E-state index contributed by atoms with van der Waals surface area (Å²) in [5, 5.41) is 9.38. The Bertz CT molecular complexity index is 415. The Labute approximate surface area is 131 Å². The molecule has 1 spiro atoms. The van der Waals surface area contributed by atoms with Crippen molar-refractivity contribution in [3.05, 3.63) is 0 Å². The molecule has 3 aliphatic heterocycles. The predicted octanol–water partition coefficient (Wildman–Crippen LogP) is 0.953. The zero-order valence-electron chi connectivity index (χ0n) is 13.3. The quantitative estimate of drug-likeness (QED) is 0.822. The second kappa shape index (κ2) is 6.16. The van der Waals surface area contributed by atoms with E-state index in [2.05, 4.69) is 4.90 Å². The fourth-order valence-corrected chi connectivity index (χ4v) is 4.38. The first-order valence-corrected chi connectivity index (χ1v) is 8.33. The zero-order chi connectivity index (χ0) is 15.7. The number of rotatable bonds is 2. The van der Waals surface area contributed by atoms with Crippen molar-refractivity contribution in [2.75, 3.05) is 32.8 Å². The van der Waals surface area contributed by atoms with Crippen molar-refractivity contribution in [3.8, 4) is 0 Å². The molecule has 0 aliphatic carbocycles. The Hall–Kier alpha value is -1.14. The van der Waals surface area contributed by atoms with Crippen molar-refractivity contribution < 1.29 is 19.4 Å². The highest BCUT2D eigenvalue weighted by atomic mass is 16.5. The highest BCUT2D eigenvalue weighted by Crippen LogP contribution is 2.44. The van der Waals surface area contributed by atoms with Crippen molar-refractivity contribution >= 4 is 11.9 Å². The Kier molecular flexibility index (Phi) is 4.41. The van der Waals surface area contributed by atoms with Gasteiger partial charge in [-0.05, 0) is 50.6 Å². The van der Waals surface area contributed by atoms with E-state index in [1.807, 2.05) is 0 Å². The molecule has 22 heavy (non-hydrogen) atoms. The number of nitrogens with zero attached hydrogens (tertiary/aromatic N) is 2. The molecule has 1 N–H and O–H groups in total. The molecule has 0 aromatic rings. The van der Waals surface area contributed by atoms with E-state index in [0.29, 0.717) is 19.0 Å². The molecule has 1 atom stereocenters. The topological polar surface area (TPSA) is 70.1 Å². The normalized spacial score (nSPS) is 29.9. The molecule has 0 unspecified atom stereocenters. The van der Waals surface area contributed by atoms with Crippen molar-refractivity contribution in [2.24, 2.45) is 5.41 Å². The first kappa shape index (κ1) is 15.7. The van der Waals surface area contributed by atoms with Gasteiger partial charge in [0, 0.05) is 32.7 Å². The van der Waals surface area contributed by atoms with Gasteiger partial charge in [-0.2, -0.15) is 0 Å². The minimum atomic E-state index is -0.862. The van der Waals surface area contributed by atoms with E-state index in [1.54, 1.807) is 4.90 Å². The molecule has 3 saturated heterocycles. The number of carboxylic acid groups (broad SMARTS) is 1. The predicted molar refractivity (Wildman–Crippen MR) is 80.5 cm³/mol. The van der Waals surface area contributed by atoms with Crippen LogP contribution in [0.25, 0.3) is 0 Å². The summed E-state index contributed by atoms with van der Waals surface area (Å²) in [6, 6.07) is -0.0150. The molecule has 3 rings (SSSR count). The molecule has 3 heterocycles. The summed E-state index contributed by atoms with van der Waals surface area (Å²) in [5.74, 6) is -0.977. The standard InChI is InChI=1S/C16H26N2O4/c1-12(19)18-11-16(10-14(18)15(20)21)4-6-17(7-5-16)13-2-8-22-9-3-13/h13-14H,2-11H2,1H3,(H,20,21)/t14-/m0/s1. The van der Waals surface area contributed by atoms with Crippen molar-refractivity contribution in [1.29, 1.82) is 0 Å². The van der Waals surface area contributed by atoms with Crippen LogP contribution in [0.15, 0.2) is 0 Å². The lowest BCUT2D eigenvalue weighted by Gasteiger charge is -2.43. The second-order valence-electron chi connectivity index (χ2n) is 7.08. The molecule has 0 bridgehead atoms. The number of piperidine rings is 1. The van der Waals surface area contributed by atoms with Crippen LogP contribution in [0.4, 0.5) is 0 Å². The van der Waals surface area contributed by atoms with Crippen molar-refractivity contribution in [3.63, 3.8) is 0 Å². The largest absolute Gasteiger partial charge is 0.480 e. The smallest absolute Gasteiger partial charge is 0.326 e. The van der Waals surface area contributed by atoms with E-state index in [0.717, 1.165) is 52.0 Å². The van der Waals surface area contributed by atoms with E-state index < -0.39 is 12.0 Å². The van der Waals surface area contributed by atoms with Crippen LogP contribution in [0.3, 0.4) is 0 Å². The van der Waals surface area contributed by atoms with E-state index >= 15 is 0 Å². The van der Waals surface area contributed by atoms with Crippen LogP contribution in [-0.4, -0.2) is 71.7 Å². The third kappa shape index (κ3) is 2.99. The zero-order valence-corrected chi connectivity index (χ0v) is 13.3. The summed E-state index contributed by atoms with van der Waals surface area (Å²) in [5.41, 5.74) is 0.0103. The molecule has 3 aliphatic rings. The number of aliphatic carboxylic acids is 1. The van der Waals surface area contributed by atoms with Gasteiger partial charge >= 0.3 is 5.97 Å². The minimum absolute atomic E-state index is 0.0103.